The molecule has 3 aromatic carbocycles. The summed E-state index contributed by atoms with van der Waals surface area (Å²) in [6, 6.07) is 15.7. The van der Waals surface area contributed by atoms with E-state index in [1.165, 1.54) is 31.2 Å². The van der Waals surface area contributed by atoms with Crippen LogP contribution in [0.5, 0.6) is 5.75 Å². The Morgan fingerprint density at radius 3 is 2.29 bits per heavy atom. The molecule has 1 fully saturated rings. The lowest BCUT2D eigenvalue weighted by atomic mass is 10.0. The van der Waals surface area contributed by atoms with Crippen LogP contribution in [-0.2, 0) is 26.1 Å². The number of nitrogens with two attached hydrogens (primary N) is 1. The second-order valence-electron chi connectivity index (χ2n) is 9.94. The maximum Gasteiger partial charge on any atom is 0.459 e. The summed E-state index contributed by atoms with van der Waals surface area (Å²) in [4.78, 5) is 14.0. The van der Waals surface area contributed by atoms with Gasteiger partial charge in [-0.05, 0) is 66.6 Å². The van der Waals surface area contributed by atoms with Gasteiger partial charge in [0.1, 0.15) is 17.7 Å². The first-order valence-electron chi connectivity index (χ1n) is 13.3. The van der Waals surface area contributed by atoms with Crippen LogP contribution >= 0.6 is 0 Å². The Labute approximate surface area is 243 Å². The number of rotatable bonds is 10. The fraction of sp³-hybridized carbons (Fsp3) is 0.345. The molecule has 42 heavy (non-hydrogen) atoms. The Morgan fingerprint density at radius 1 is 1.05 bits per heavy atom. The van der Waals surface area contributed by atoms with Crippen molar-refractivity contribution in [1.82, 2.24) is 4.90 Å². The number of anilines is 1. The summed E-state index contributed by atoms with van der Waals surface area (Å²) in [6.07, 6.45) is 1.27. The van der Waals surface area contributed by atoms with Crippen LogP contribution in [0.25, 0.3) is 10.8 Å². The molecule has 0 saturated carbocycles. The molecule has 0 spiro atoms. The predicted molar refractivity (Wildman–Crippen MR) is 157 cm³/mol. The van der Waals surface area contributed by atoms with E-state index in [-0.39, 0.29) is 17.6 Å². The average Bonchev–Trinajstić information content (AvgIpc) is 2.96. The molecule has 0 aromatic heterocycles. The van der Waals surface area contributed by atoms with Crippen LogP contribution in [-0.4, -0.2) is 62.0 Å². The summed E-state index contributed by atoms with van der Waals surface area (Å²) < 4.78 is 67.8. The number of esters is 1. The zero-order valence-corrected chi connectivity index (χ0v) is 24.1. The van der Waals surface area contributed by atoms with E-state index in [0.717, 1.165) is 5.39 Å². The Kier molecular flexibility index (Phi) is 9.00. The molecule has 0 aliphatic carbocycles. The van der Waals surface area contributed by atoms with E-state index < -0.39 is 34.4 Å². The van der Waals surface area contributed by atoms with Crippen molar-refractivity contribution in [3.8, 4) is 5.75 Å². The third-order valence-electron chi connectivity index (χ3n) is 7.01. The van der Waals surface area contributed by atoms with Gasteiger partial charge in [-0.1, -0.05) is 24.3 Å². The third kappa shape index (κ3) is 6.46. The number of hydrogen-bond donors (Lipinski definition) is 3. The number of hydrogen-bond acceptors (Lipinski definition) is 7. The SMILES string of the molecule is CCOC(=O)C(F)(F)S(=O)(=O)N(Cc1ccc2ccc(C(=N)N)cc2c1)c1ccc(OC2CCN(C(C)=N)CC2)cc1. The van der Waals surface area contributed by atoms with Gasteiger partial charge in [-0.15, -0.1) is 0 Å². The lowest BCUT2D eigenvalue weighted by Gasteiger charge is -2.33. The van der Waals surface area contributed by atoms with Gasteiger partial charge in [-0.25, -0.2) is 4.79 Å². The van der Waals surface area contributed by atoms with Gasteiger partial charge >= 0.3 is 21.2 Å². The van der Waals surface area contributed by atoms with E-state index in [1.807, 2.05) is 4.90 Å². The number of fused-ring (bicyclic) bond motifs is 1. The van der Waals surface area contributed by atoms with Crippen LogP contribution in [0.3, 0.4) is 0 Å². The van der Waals surface area contributed by atoms with Gasteiger partial charge in [0.25, 0.3) is 0 Å². The number of nitrogen functional groups attached to an aromatic ring is 1. The maximum absolute atomic E-state index is 15.1. The van der Waals surface area contributed by atoms with Crippen molar-refractivity contribution in [1.29, 1.82) is 10.8 Å². The highest BCUT2D eigenvalue weighted by molar-refractivity contribution is 7.94. The Hall–Kier alpha value is -4.26. The van der Waals surface area contributed by atoms with Crippen LogP contribution in [0.15, 0.2) is 60.7 Å². The number of likely N-dealkylation sites (tertiary alicyclic amines) is 1. The molecular weight excluding hydrogens is 568 g/mol. The smallest absolute Gasteiger partial charge is 0.459 e. The number of ether oxygens (including phenoxy) is 2. The first kappa shape index (κ1) is 30.7. The zero-order chi connectivity index (χ0) is 30.7. The molecule has 4 N–H and O–H groups in total. The van der Waals surface area contributed by atoms with E-state index in [9.17, 15) is 13.2 Å². The van der Waals surface area contributed by atoms with Crippen molar-refractivity contribution in [3.63, 3.8) is 0 Å². The van der Waals surface area contributed by atoms with Crippen molar-refractivity contribution in [2.24, 2.45) is 5.73 Å². The van der Waals surface area contributed by atoms with Crippen LogP contribution < -0.4 is 14.8 Å². The number of nitrogens with zero attached hydrogens (tertiary/aromatic N) is 2. The van der Waals surface area contributed by atoms with Crippen molar-refractivity contribution in [3.05, 3.63) is 71.8 Å². The summed E-state index contributed by atoms with van der Waals surface area (Å²) in [6.45, 7) is 3.44. The summed E-state index contributed by atoms with van der Waals surface area (Å²) in [7, 11) is -5.60. The second-order valence-corrected chi connectivity index (χ2v) is 11.8. The molecule has 3 aromatic rings. The topological polar surface area (TPSA) is 150 Å². The first-order valence-corrected chi connectivity index (χ1v) is 14.8. The zero-order valence-electron chi connectivity index (χ0n) is 23.3. The Bertz CT molecular complexity index is 1590. The summed E-state index contributed by atoms with van der Waals surface area (Å²) >= 11 is 0. The molecule has 0 amide bonds. The fourth-order valence-electron chi connectivity index (χ4n) is 4.69. The number of halogens is 2. The van der Waals surface area contributed by atoms with Gasteiger partial charge in [0.05, 0.1) is 24.7 Å². The number of nitrogens with one attached hydrogen (secondary N) is 2. The Balaban J connectivity index is 1.65. The number of sulfonamides is 1. The van der Waals surface area contributed by atoms with Crippen LogP contribution in [0, 0.1) is 10.8 Å². The predicted octanol–water partition coefficient (Wildman–Crippen LogP) is 4.46. The van der Waals surface area contributed by atoms with Crippen LogP contribution in [0.1, 0.15) is 37.8 Å². The van der Waals surface area contributed by atoms with E-state index in [1.54, 1.807) is 43.3 Å². The van der Waals surface area contributed by atoms with Crippen LogP contribution in [0.2, 0.25) is 0 Å². The molecule has 0 atom stereocenters. The minimum absolute atomic E-state index is 0.0989. The number of piperidine rings is 1. The monoisotopic (exact) mass is 601 g/mol. The molecule has 10 nitrogen and oxygen atoms in total. The number of amidine groups is 2. The molecular formula is C29H33F2N5O5S. The molecule has 1 saturated heterocycles. The van der Waals surface area contributed by atoms with Gasteiger partial charge in [0, 0.05) is 31.5 Å². The Morgan fingerprint density at radius 2 is 1.69 bits per heavy atom. The lowest BCUT2D eigenvalue weighted by molar-refractivity contribution is -0.160. The van der Waals surface area contributed by atoms with Crippen LogP contribution in [0.4, 0.5) is 14.5 Å². The van der Waals surface area contributed by atoms with E-state index >= 15 is 8.78 Å². The number of benzene rings is 3. The molecule has 1 heterocycles. The molecule has 1 aliphatic rings. The quantitative estimate of drug-likeness (QED) is 0.176. The highest BCUT2D eigenvalue weighted by atomic mass is 32.2. The van der Waals surface area contributed by atoms with E-state index in [0.29, 0.717) is 58.3 Å². The summed E-state index contributed by atoms with van der Waals surface area (Å²) in [5.41, 5.74) is 6.31. The first-order chi connectivity index (χ1) is 19.8. The summed E-state index contributed by atoms with van der Waals surface area (Å²) in [5.74, 6) is -1.39. The molecule has 1 aliphatic heterocycles. The highest BCUT2D eigenvalue weighted by Crippen LogP contribution is 2.34. The number of carbonyl (C=O) groups is 1. The molecule has 0 radical (unpaired) electrons. The van der Waals surface area contributed by atoms with E-state index in [4.69, 9.17) is 21.3 Å². The highest BCUT2D eigenvalue weighted by Gasteiger charge is 2.57. The molecule has 13 heteroatoms. The maximum atomic E-state index is 15.1. The lowest BCUT2D eigenvalue weighted by Crippen LogP contribution is -2.48. The van der Waals surface area contributed by atoms with Gasteiger partial charge in [-0.3, -0.25) is 15.1 Å². The third-order valence-corrected chi connectivity index (χ3v) is 8.75. The van der Waals surface area contributed by atoms with Gasteiger partial charge in [-0.2, -0.15) is 17.2 Å². The average molecular weight is 602 g/mol. The van der Waals surface area contributed by atoms with Crippen molar-refractivity contribution in [2.75, 3.05) is 24.0 Å². The van der Waals surface area contributed by atoms with Crippen molar-refractivity contribution >= 4 is 44.1 Å². The van der Waals surface area contributed by atoms with Gasteiger partial charge in [0.2, 0.25) is 0 Å². The minimum atomic E-state index is -5.60. The molecule has 0 unspecified atom stereocenters. The number of carbonyl (C=O) groups excluding carboxylic acids is 1. The van der Waals surface area contributed by atoms with E-state index in [2.05, 4.69) is 4.74 Å². The summed E-state index contributed by atoms with van der Waals surface area (Å²) in [5, 5.41) is 12.0. The van der Waals surface area contributed by atoms with Crippen molar-refractivity contribution < 1.29 is 31.5 Å². The largest absolute Gasteiger partial charge is 0.490 e. The van der Waals surface area contributed by atoms with Gasteiger partial charge in [0.15, 0.2) is 0 Å². The van der Waals surface area contributed by atoms with Gasteiger partial charge < -0.3 is 20.1 Å². The second kappa shape index (κ2) is 12.3. The minimum Gasteiger partial charge on any atom is -0.490 e. The molecule has 4 rings (SSSR count). The number of alkyl halides is 2. The molecule has 0 bridgehead atoms. The normalized spacial score (nSPS) is 14.4. The fourth-order valence-corrected chi connectivity index (χ4v) is 5.96. The standard InChI is InChI=1S/C29H33F2N5O5S/c1-3-40-28(37)29(30,31)42(38,39)36(18-20-4-5-21-6-7-22(27(33)34)17-23(21)16-20)24-8-10-25(11-9-24)41-26-12-14-35(15-13-26)19(2)32/h4-11,16-17,26,32H,3,12-15,18H2,1-2H3,(H3,33,34). The van der Waals surface area contributed by atoms with Crippen molar-refractivity contribution in [2.45, 2.75) is 44.6 Å². The molecule has 224 valence electrons.